The van der Waals surface area contributed by atoms with Gasteiger partial charge in [-0.3, -0.25) is 9.69 Å². The van der Waals surface area contributed by atoms with Gasteiger partial charge in [-0.25, -0.2) is 4.79 Å². The van der Waals surface area contributed by atoms with E-state index in [0.29, 0.717) is 17.9 Å². The molecule has 0 radical (unpaired) electrons. The highest BCUT2D eigenvalue weighted by atomic mass is 16.6. The van der Waals surface area contributed by atoms with Gasteiger partial charge in [-0.15, -0.1) is 0 Å². The number of hydrogen-bond donors (Lipinski definition) is 0. The largest absolute Gasteiger partial charge is 0.497 e. The van der Waals surface area contributed by atoms with E-state index in [0.717, 1.165) is 4.90 Å². The van der Waals surface area contributed by atoms with Crippen molar-refractivity contribution in [2.24, 2.45) is 0 Å². The molecular weight excluding hydrogens is 198 g/mol. The lowest BCUT2D eigenvalue weighted by molar-refractivity contribution is -0.115. The van der Waals surface area contributed by atoms with Crippen LogP contribution in [0.4, 0.5) is 4.79 Å². The molecule has 0 spiro atoms. The molecular formula is C10H11NO4. The van der Waals surface area contributed by atoms with E-state index in [2.05, 4.69) is 0 Å². The molecule has 0 aromatic heterocycles. The first kappa shape index (κ1) is 11.0. The minimum Gasteiger partial charge on any atom is -0.497 e. The van der Waals surface area contributed by atoms with Crippen LogP contribution in [0.3, 0.4) is 0 Å². The highest BCUT2D eigenvalue weighted by Crippen LogP contribution is 2.17. The van der Waals surface area contributed by atoms with Crippen molar-refractivity contribution < 1.29 is 19.1 Å². The van der Waals surface area contributed by atoms with E-state index in [1.165, 1.54) is 7.05 Å². The molecule has 5 heteroatoms. The van der Waals surface area contributed by atoms with Crippen LogP contribution in [0.5, 0.6) is 11.5 Å². The number of carbonyl (C=O) groups excluding carboxylic acids is 2. The summed E-state index contributed by atoms with van der Waals surface area (Å²) in [5.41, 5.74) is 0. The number of carbonyl (C=O) groups is 2. The average Bonchev–Trinajstić information content (AvgIpc) is 2.29. The van der Waals surface area contributed by atoms with E-state index in [9.17, 15) is 9.59 Å². The molecule has 0 atom stereocenters. The predicted octanol–water partition coefficient (Wildman–Crippen LogP) is 1.28. The zero-order valence-corrected chi connectivity index (χ0v) is 8.47. The van der Waals surface area contributed by atoms with Crippen LogP contribution in [0.1, 0.15) is 0 Å². The predicted molar refractivity (Wildman–Crippen MR) is 52.8 cm³/mol. The topological polar surface area (TPSA) is 55.8 Å². The van der Waals surface area contributed by atoms with E-state index >= 15 is 0 Å². The van der Waals surface area contributed by atoms with Gasteiger partial charge in [-0.2, -0.15) is 0 Å². The second kappa shape index (κ2) is 4.99. The minimum atomic E-state index is -0.727. The molecule has 0 aliphatic carbocycles. The molecule has 0 aliphatic rings. The molecule has 5 nitrogen and oxygen atoms in total. The molecule has 0 heterocycles. The molecule has 0 unspecified atom stereocenters. The van der Waals surface area contributed by atoms with Crippen LogP contribution in [0.2, 0.25) is 0 Å². The maximum absolute atomic E-state index is 11.1. The van der Waals surface area contributed by atoms with Crippen molar-refractivity contribution in [2.45, 2.75) is 0 Å². The maximum atomic E-state index is 11.1. The van der Waals surface area contributed by atoms with Crippen molar-refractivity contribution >= 4 is 12.5 Å². The summed E-state index contributed by atoms with van der Waals surface area (Å²) in [7, 11) is 2.86. The lowest BCUT2D eigenvalue weighted by Gasteiger charge is -2.09. The molecule has 0 fully saturated rings. The number of nitrogens with zero attached hydrogens (tertiary/aromatic N) is 1. The molecule has 0 saturated heterocycles. The van der Waals surface area contributed by atoms with Crippen LogP contribution in [0.15, 0.2) is 24.3 Å². The number of amides is 2. The lowest BCUT2D eigenvalue weighted by atomic mass is 10.3. The maximum Gasteiger partial charge on any atom is 0.421 e. The smallest absolute Gasteiger partial charge is 0.421 e. The van der Waals surface area contributed by atoms with Gasteiger partial charge in [0.2, 0.25) is 6.41 Å². The Balaban J connectivity index is 2.65. The first-order valence-electron chi connectivity index (χ1n) is 4.21. The summed E-state index contributed by atoms with van der Waals surface area (Å²) in [6, 6.07) is 6.47. The fourth-order valence-corrected chi connectivity index (χ4v) is 0.860. The number of ether oxygens (including phenoxy) is 2. The highest BCUT2D eigenvalue weighted by Gasteiger charge is 2.09. The second-order valence-corrected chi connectivity index (χ2v) is 2.76. The SMILES string of the molecule is COc1ccc(OC(=O)N(C)C=O)cc1. The Labute approximate surface area is 87.2 Å². The van der Waals surface area contributed by atoms with E-state index in [1.807, 2.05) is 0 Å². The molecule has 0 N–H and O–H groups in total. The third-order valence-electron chi connectivity index (χ3n) is 1.71. The van der Waals surface area contributed by atoms with Crippen LogP contribution < -0.4 is 9.47 Å². The molecule has 0 aliphatic heterocycles. The van der Waals surface area contributed by atoms with Gasteiger partial charge in [0.25, 0.3) is 0 Å². The molecule has 15 heavy (non-hydrogen) atoms. The molecule has 1 aromatic carbocycles. The Morgan fingerprint density at radius 3 is 2.27 bits per heavy atom. The highest BCUT2D eigenvalue weighted by molar-refractivity contribution is 5.81. The van der Waals surface area contributed by atoms with Gasteiger partial charge in [0.15, 0.2) is 0 Å². The Hall–Kier alpha value is -2.04. The molecule has 1 aromatic rings. The lowest BCUT2D eigenvalue weighted by Crippen LogP contribution is -2.28. The van der Waals surface area contributed by atoms with Gasteiger partial charge < -0.3 is 9.47 Å². The Morgan fingerprint density at radius 2 is 1.80 bits per heavy atom. The number of benzene rings is 1. The van der Waals surface area contributed by atoms with Gasteiger partial charge in [0, 0.05) is 7.05 Å². The third kappa shape index (κ3) is 2.98. The normalized spacial score (nSPS) is 9.20. The van der Waals surface area contributed by atoms with Gasteiger partial charge in [0.05, 0.1) is 7.11 Å². The Kier molecular flexibility index (Phi) is 3.68. The average molecular weight is 209 g/mol. The number of hydrogen-bond acceptors (Lipinski definition) is 4. The second-order valence-electron chi connectivity index (χ2n) is 2.76. The molecule has 80 valence electrons. The summed E-state index contributed by atoms with van der Waals surface area (Å²) in [5.74, 6) is 1.02. The van der Waals surface area contributed by atoms with Crippen LogP contribution in [0, 0.1) is 0 Å². The summed E-state index contributed by atoms with van der Waals surface area (Å²) in [4.78, 5) is 22.2. The van der Waals surface area contributed by atoms with E-state index in [-0.39, 0.29) is 0 Å². The summed E-state index contributed by atoms with van der Waals surface area (Å²) < 4.78 is 9.80. The van der Waals surface area contributed by atoms with Gasteiger partial charge in [-0.1, -0.05) is 0 Å². The fraction of sp³-hybridized carbons (Fsp3) is 0.200. The van der Waals surface area contributed by atoms with Gasteiger partial charge in [0.1, 0.15) is 11.5 Å². The van der Waals surface area contributed by atoms with E-state index in [1.54, 1.807) is 31.4 Å². The van der Waals surface area contributed by atoms with Crippen LogP contribution >= 0.6 is 0 Å². The number of methoxy groups -OCH3 is 1. The van der Waals surface area contributed by atoms with Crippen molar-refractivity contribution in [2.75, 3.05) is 14.2 Å². The van der Waals surface area contributed by atoms with E-state index in [4.69, 9.17) is 9.47 Å². The molecule has 0 saturated carbocycles. The molecule has 1 rings (SSSR count). The Morgan fingerprint density at radius 1 is 1.27 bits per heavy atom. The quantitative estimate of drug-likeness (QED) is 0.704. The monoisotopic (exact) mass is 209 g/mol. The van der Waals surface area contributed by atoms with E-state index < -0.39 is 6.09 Å². The Bertz CT molecular complexity index is 347. The summed E-state index contributed by atoms with van der Waals surface area (Å²) in [5, 5.41) is 0. The van der Waals surface area contributed by atoms with Crippen molar-refractivity contribution in [3.05, 3.63) is 24.3 Å². The fourth-order valence-electron chi connectivity index (χ4n) is 0.860. The van der Waals surface area contributed by atoms with Crippen LogP contribution in [-0.4, -0.2) is 31.6 Å². The van der Waals surface area contributed by atoms with Crippen LogP contribution in [0.25, 0.3) is 0 Å². The summed E-state index contributed by atoms with van der Waals surface area (Å²) >= 11 is 0. The number of rotatable bonds is 3. The van der Waals surface area contributed by atoms with Crippen molar-refractivity contribution in [1.29, 1.82) is 0 Å². The van der Waals surface area contributed by atoms with Crippen LogP contribution in [-0.2, 0) is 4.79 Å². The summed E-state index contributed by atoms with van der Waals surface area (Å²) in [6.07, 6.45) is -0.346. The molecule has 2 amide bonds. The van der Waals surface area contributed by atoms with Crippen molar-refractivity contribution in [3.63, 3.8) is 0 Å². The zero-order chi connectivity index (χ0) is 11.3. The summed E-state index contributed by atoms with van der Waals surface area (Å²) in [6.45, 7) is 0. The molecule has 0 bridgehead atoms. The zero-order valence-electron chi connectivity index (χ0n) is 8.47. The minimum absolute atomic E-state index is 0.356. The third-order valence-corrected chi connectivity index (χ3v) is 1.71. The van der Waals surface area contributed by atoms with Gasteiger partial charge in [-0.05, 0) is 24.3 Å². The van der Waals surface area contributed by atoms with Gasteiger partial charge >= 0.3 is 6.09 Å². The first-order valence-corrected chi connectivity index (χ1v) is 4.21. The van der Waals surface area contributed by atoms with Crippen molar-refractivity contribution in [1.82, 2.24) is 4.90 Å². The first-order chi connectivity index (χ1) is 7.17. The van der Waals surface area contributed by atoms with Crippen molar-refractivity contribution in [3.8, 4) is 11.5 Å². The standard InChI is InChI=1S/C10H11NO4/c1-11(7-12)10(13)15-9-5-3-8(14-2)4-6-9/h3-7H,1-2H3. The number of imide groups is 1.